The molecule has 0 bridgehead atoms. The normalized spacial score (nSPS) is 11.9. The van der Waals surface area contributed by atoms with Crippen LogP contribution in [0.1, 0.15) is 18.5 Å². The molecule has 4 nitrogen and oxygen atoms in total. The van der Waals surface area contributed by atoms with E-state index in [1.165, 1.54) is 5.56 Å². The molecular formula is C13H16N4. The summed E-state index contributed by atoms with van der Waals surface area (Å²) in [5, 5.41) is 3.33. The Morgan fingerprint density at radius 2 is 1.88 bits per heavy atom. The maximum absolute atomic E-state index is 5.28. The fourth-order valence-corrected chi connectivity index (χ4v) is 1.61. The maximum Gasteiger partial charge on any atom is 0.126 e. The molecule has 0 saturated carbocycles. The van der Waals surface area contributed by atoms with Gasteiger partial charge in [0.2, 0.25) is 0 Å². The molecule has 0 amide bonds. The van der Waals surface area contributed by atoms with Crippen LogP contribution in [0.15, 0.2) is 48.7 Å². The Hall–Kier alpha value is -2.07. The fourth-order valence-electron chi connectivity index (χ4n) is 1.61. The van der Waals surface area contributed by atoms with Crippen molar-refractivity contribution < 1.29 is 0 Å². The van der Waals surface area contributed by atoms with Gasteiger partial charge in [0.25, 0.3) is 0 Å². The van der Waals surface area contributed by atoms with Crippen LogP contribution in [-0.4, -0.2) is 4.98 Å². The number of benzene rings is 1. The third-order valence-electron chi connectivity index (χ3n) is 2.59. The highest BCUT2D eigenvalue weighted by Gasteiger charge is 2.04. The zero-order valence-electron chi connectivity index (χ0n) is 9.72. The lowest BCUT2D eigenvalue weighted by atomic mass is 10.1. The van der Waals surface area contributed by atoms with Crippen molar-refractivity contribution in [3.8, 4) is 0 Å². The van der Waals surface area contributed by atoms with Crippen molar-refractivity contribution in [2.75, 3.05) is 10.7 Å². The molecule has 4 N–H and O–H groups in total. The van der Waals surface area contributed by atoms with Crippen molar-refractivity contribution in [2.24, 2.45) is 5.84 Å². The van der Waals surface area contributed by atoms with Crippen molar-refractivity contribution in [3.63, 3.8) is 0 Å². The second-order valence-electron chi connectivity index (χ2n) is 3.85. The second kappa shape index (κ2) is 5.32. The molecule has 0 aliphatic carbocycles. The minimum absolute atomic E-state index is 0.223. The van der Waals surface area contributed by atoms with Crippen LogP contribution in [0.2, 0.25) is 0 Å². The van der Waals surface area contributed by atoms with Crippen molar-refractivity contribution in [1.29, 1.82) is 0 Å². The van der Waals surface area contributed by atoms with E-state index in [1.54, 1.807) is 6.20 Å². The highest BCUT2D eigenvalue weighted by atomic mass is 15.2. The lowest BCUT2D eigenvalue weighted by Crippen LogP contribution is -2.09. The molecule has 0 saturated heterocycles. The molecular weight excluding hydrogens is 212 g/mol. The predicted molar refractivity (Wildman–Crippen MR) is 70.5 cm³/mol. The summed E-state index contributed by atoms with van der Waals surface area (Å²) in [6.07, 6.45) is 1.69. The number of nitrogens with zero attached hydrogens (tertiary/aromatic N) is 1. The molecule has 88 valence electrons. The zero-order chi connectivity index (χ0) is 12.1. The summed E-state index contributed by atoms with van der Waals surface area (Å²) in [5.41, 5.74) is 4.58. The monoisotopic (exact) mass is 228 g/mol. The van der Waals surface area contributed by atoms with Crippen LogP contribution in [0.3, 0.4) is 0 Å². The number of hydrogen-bond donors (Lipinski definition) is 3. The Morgan fingerprint density at radius 3 is 2.47 bits per heavy atom. The van der Waals surface area contributed by atoms with E-state index in [4.69, 9.17) is 5.84 Å². The number of aromatic nitrogens is 1. The Labute approximate surface area is 101 Å². The fraction of sp³-hybridized carbons (Fsp3) is 0.154. The molecule has 0 spiro atoms. The largest absolute Gasteiger partial charge is 0.364 e. The van der Waals surface area contributed by atoms with Gasteiger partial charge in [-0.1, -0.05) is 30.3 Å². The van der Waals surface area contributed by atoms with Crippen molar-refractivity contribution >= 4 is 11.5 Å². The van der Waals surface area contributed by atoms with E-state index in [0.717, 1.165) is 11.5 Å². The molecule has 0 fully saturated rings. The van der Waals surface area contributed by atoms with Crippen LogP contribution in [0.4, 0.5) is 11.5 Å². The molecule has 0 aliphatic rings. The number of anilines is 2. The minimum atomic E-state index is 0.223. The average molecular weight is 228 g/mol. The number of nitrogen functional groups attached to an aromatic ring is 1. The van der Waals surface area contributed by atoms with E-state index in [1.807, 2.05) is 30.3 Å². The topological polar surface area (TPSA) is 63.0 Å². The first-order chi connectivity index (χ1) is 8.29. The Balaban J connectivity index is 2.05. The van der Waals surface area contributed by atoms with E-state index < -0.39 is 0 Å². The number of rotatable bonds is 4. The summed E-state index contributed by atoms with van der Waals surface area (Å²) in [7, 11) is 0. The van der Waals surface area contributed by atoms with Crippen LogP contribution in [-0.2, 0) is 0 Å². The second-order valence-corrected chi connectivity index (χ2v) is 3.85. The van der Waals surface area contributed by atoms with Gasteiger partial charge in [0.05, 0.1) is 11.9 Å². The van der Waals surface area contributed by atoms with E-state index in [2.05, 4.69) is 34.8 Å². The molecule has 2 aromatic rings. The van der Waals surface area contributed by atoms with E-state index in [9.17, 15) is 0 Å². The van der Waals surface area contributed by atoms with Gasteiger partial charge in [0.1, 0.15) is 5.82 Å². The number of pyridine rings is 1. The van der Waals surface area contributed by atoms with Crippen LogP contribution >= 0.6 is 0 Å². The first kappa shape index (κ1) is 11.4. The van der Waals surface area contributed by atoms with Gasteiger partial charge in [-0.3, -0.25) is 5.84 Å². The number of hydrogen-bond acceptors (Lipinski definition) is 4. The number of hydrazine groups is 1. The summed E-state index contributed by atoms with van der Waals surface area (Å²) in [5.74, 6) is 6.12. The van der Waals surface area contributed by atoms with Crippen LogP contribution < -0.4 is 16.6 Å². The van der Waals surface area contributed by atoms with E-state index >= 15 is 0 Å². The van der Waals surface area contributed by atoms with Crippen LogP contribution in [0.5, 0.6) is 0 Å². The molecule has 1 atom stereocenters. The molecule has 4 heteroatoms. The summed E-state index contributed by atoms with van der Waals surface area (Å²) < 4.78 is 0. The van der Waals surface area contributed by atoms with Gasteiger partial charge in [-0.15, -0.1) is 0 Å². The Bertz CT molecular complexity index is 453. The predicted octanol–water partition coefficient (Wildman–Crippen LogP) is 2.54. The van der Waals surface area contributed by atoms with E-state index in [0.29, 0.717) is 0 Å². The molecule has 1 aromatic carbocycles. The lowest BCUT2D eigenvalue weighted by molar-refractivity contribution is 0.875. The molecule has 1 aromatic heterocycles. The summed E-state index contributed by atoms with van der Waals surface area (Å²) in [6, 6.07) is 14.3. The summed E-state index contributed by atoms with van der Waals surface area (Å²) in [4.78, 5) is 4.26. The summed E-state index contributed by atoms with van der Waals surface area (Å²) >= 11 is 0. The number of nitrogens with one attached hydrogen (secondary N) is 2. The quantitative estimate of drug-likeness (QED) is 0.556. The Morgan fingerprint density at radius 1 is 1.12 bits per heavy atom. The van der Waals surface area contributed by atoms with Gasteiger partial charge in [-0.05, 0) is 24.6 Å². The molecule has 0 aliphatic heterocycles. The molecule has 1 heterocycles. The highest BCUT2D eigenvalue weighted by molar-refractivity contribution is 5.47. The van der Waals surface area contributed by atoms with Gasteiger partial charge in [0.15, 0.2) is 0 Å². The summed E-state index contributed by atoms with van der Waals surface area (Å²) in [6.45, 7) is 2.10. The molecule has 2 rings (SSSR count). The zero-order valence-corrected chi connectivity index (χ0v) is 9.72. The SMILES string of the molecule is CC(Nc1ccc(NN)cn1)c1ccccc1. The highest BCUT2D eigenvalue weighted by Crippen LogP contribution is 2.17. The molecule has 0 radical (unpaired) electrons. The van der Waals surface area contributed by atoms with Crippen LogP contribution in [0, 0.1) is 0 Å². The molecule has 17 heavy (non-hydrogen) atoms. The first-order valence-electron chi connectivity index (χ1n) is 5.54. The lowest BCUT2D eigenvalue weighted by Gasteiger charge is -2.14. The Kier molecular flexibility index (Phi) is 3.57. The van der Waals surface area contributed by atoms with Gasteiger partial charge in [-0.2, -0.15) is 0 Å². The molecule has 1 unspecified atom stereocenters. The average Bonchev–Trinajstić information content (AvgIpc) is 2.40. The van der Waals surface area contributed by atoms with Gasteiger partial charge in [0, 0.05) is 6.04 Å². The van der Waals surface area contributed by atoms with Crippen molar-refractivity contribution in [1.82, 2.24) is 4.98 Å². The van der Waals surface area contributed by atoms with Gasteiger partial charge < -0.3 is 10.7 Å². The number of nitrogens with two attached hydrogens (primary N) is 1. The minimum Gasteiger partial charge on any atom is -0.364 e. The van der Waals surface area contributed by atoms with E-state index in [-0.39, 0.29) is 6.04 Å². The third-order valence-corrected chi connectivity index (χ3v) is 2.59. The first-order valence-corrected chi connectivity index (χ1v) is 5.54. The standard InChI is InChI=1S/C13H16N4/c1-10(11-5-3-2-4-6-11)16-13-8-7-12(17-14)9-15-13/h2-10,17H,14H2,1H3,(H,15,16). The smallest absolute Gasteiger partial charge is 0.126 e. The maximum atomic E-state index is 5.28. The van der Waals surface area contributed by atoms with Crippen LogP contribution in [0.25, 0.3) is 0 Å². The van der Waals surface area contributed by atoms with Crippen molar-refractivity contribution in [2.45, 2.75) is 13.0 Å². The van der Waals surface area contributed by atoms with Gasteiger partial charge >= 0.3 is 0 Å². The van der Waals surface area contributed by atoms with Gasteiger partial charge in [-0.25, -0.2) is 4.98 Å². The van der Waals surface area contributed by atoms with Crippen molar-refractivity contribution in [3.05, 3.63) is 54.2 Å². The third kappa shape index (κ3) is 2.95.